The Morgan fingerprint density at radius 3 is 2.12 bits per heavy atom. The highest BCUT2D eigenvalue weighted by molar-refractivity contribution is 6.08. The summed E-state index contributed by atoms with van der Waals surface area (Å²) in [5.74, 6) is -1.88. The molecule has 4 amide bonds. The van der Waals surface area contributed by atoms with Crippen LogP contribution >= 0.6 is 0 Å². The second-order valence-corrected chi connectivity index (χ2v) is 6.12. The van der Waals surface area contributed by atoms with Crippen molar-refractivity contribution in [1.29, 1.82) is 0 Å². The lowest BCUT2D eigenvalue weighted by atomic mass is 9.85. The second-order valence-electron chi connectivity index (χ2n) is 6.12. The maximum atomic E-state index is 12.3. The summed E-state index contributed by atoms with van der Waals surface area (Å²) in [7, 11) is 1.54. The van der Waals surface area contributed by atoms with Crippen molar-refractivity contribution in [3.63, 3.8) is 0 Å². The van der Waals surface area contributed by atoms with Crippen LogP contribution in [0.25, 0.3) is 0 Å². The summed E-state index contributed by atoms with van der Waals surface area (Å²) in [6.45, 7) is -0.290. The lowest BCUT2D eigenvalue weighted by Crippen LogP contribution is -2.38. The summed E-state index contributed by atoms with van der Waals surface area (Å²) < 4.78 is 0. The van der Waals surface area contributed by atoms with E-state index in [1.54, 1.807) is 24.3 Å². The van der Waals surface area contributed by atoms with E-state index in [1.807, 2.05) is 12.2 Å². The number of likely N-dealkylation sites (tertiary alicyclic amines) is 1. The minimum absolute atomic E-state index is 0.220. The molecule has 1 saturated heterocycles. The van der Waals surface area contributed by atoms with Crippen LogP contribution in [0.3, 0.4) is 0 Å². The summed E-state index contributed by atoms with van der Waals surface area (Å²) in [4.78, 5) is 49.4. The molecule has 0 bridgehead atoms. The molecular formula is C18H19N3O4. The van der Waals surface area contributed by atoms with Crippen LogP contribution in [0.2, 0.25) is 0 Å². The molecule has 7 nitrogen and oxygen atoms in total. The number of fused-ring (bicyclic) bond motifs is 1. The molecule has 2 N–H and O–H groups in total. The van der Waals surface area contributed by atoms with E-state index in [4.69, 9.17) is 0 Å². The number of allylic oxidation sites excluding steroid dienone is 2. The van der Waals surface area contributed by atoms with Gasteiger partial charge in [0.25, 0.3) is 5.91 Å². The molecule has 0 radical (unpaired) electrons. The SMILES string of the molecule is CNC(=O)c1ccc(NC(=O)CN2C(=O)[C@@H]3CC=CC[C@H]3C2=O)cc1. The number of hydrogen-bond donors (Lipinski definition) is 2. The van der Waals surface area contributed by atoms with Crippen molar-refractivity contribution in [3.05, 3.63) is 42.0 Å². The van der Waals surface area contributed by atoms with Crippen LogP contribution in [0, 0.1) is 11.8 Å². The van der Waals surface area contributed by atoms with Crippen LogP contribution < -0.4 is 10.6 Å². The van der Waals surface area contributed by atoms with E-state index in [-0.39, 0.29) is 36.1 Å². The third kappa shape index (κ3) is 3.31. The Balaban J connectivity index is 1.62. The molecule has 3 rings (SSSR count). The molecule has 1 aromatic rings. The first-order valence-electron chi connectivity index (χ1n) is 8.13. The van der Waals surface area contributed by atoms with Gasteiger partial charge in [-0.25, -0.2) is 0 Å². The van der Waals surface area contributed by atoms with Gasteiger partial charge >= 0.3 is 0 Å². The molecule has 130 valence electrons. The molecule has 2 atom stereocenters. The Bertz CT molecular complexity index is 728. The highest BCUT2D eigenvalue weighted by Gasteiger charge is 2.47. The number of nitrogens with zero attached hydrogens (tertiary/aromatic N) is 1. The first-order chi connectivity index (χ1) is 12.0. The third-order valence-corrected chi connectivity index (χ3v) is 4.56. The number of anilines is 1. The molecule has 1 aromatic carbocycles. The zero-order valence-electron chi connectivity index (χ0n) is 13.8. The molecule has 1 aliphatic carbocycles. The third-order valence-electron chi connectivity index (χ3n) is 4.56. The number of rotatable bonds is 4. The number of hydrogen-bond acceptors (Lipinski definition) is 4. The molecule has 0 spiro atoms. The predicted molar refractivity (Wildman–Crippen MR) is 90.5 cm³/mol. The molecular weight excluding hydrogens is 322 g/mol. The van der Waals surface area contributed by atoms with Crippen molar-refractivity contribution in [1.82, 2.24) is 10.2 Å². The van der Waals surface area contributed by atoms with Crippen LogP contribution in [0.4, 0.5) is 5.69 Å². The molecule has 1 aliphatic heterocycles. The Hall–Kier alpha value is -2.96. The van der Waals surface area contributed by atoms with Gasteiger partial charge in [-0.15, -0.1) is 0 Å². The fraction of sp³-hybridized carbons (Fsp3) is 0.333. The molecule has 0 saturated carbocycles. The zero-order valence-corrected chi connectivity index (χ0v) is 13.8. The van der Waals surface area contributed by atoms with Gasteiger partial charge in [0.05, 0.1) is 11.8 Å². The van der Waals surface area contributed by atoms with Gasteiger partial charge in [-0.1, -0.05) is 12.2 Å². The summed E-state index contributed by atoms with van der Waals surface area (Å²) >= 11 is 0. The first kappa shape index (κ1) is 16.9. The first-order valence-corrected chi connectivity index (χ1v) is 8.13. The minimum Gasteiger partial charge on any atom is -0.355 e. The van der Waals surface area contributed by atoms with Gasteiger partial charge in [0, 0.05) is 18.3 Å². The number of carbonyl (C=O) groups is 4. The Morgan fingerprint density at radius 1 is 1.04 bits per heavy atom. The van der Waals surface area contributed by atoms with Crippen LogP contribution in [0.1, 0.15) is 23.2 Å². The van der Waals surface area contributed by atoms with E-state index in [2.05, 4.69) is 10.6 Å². The van der Waals surface area contributed by atoms with Gasteiger partial charge in [0.1, 0.15) is 6.54 Å². The number of benzene rings is 1. The van der Waals surface area contributed by atoms with Gasteiger partial charge < -0.3 is 10.6 Å². The monoisotopic (exact) mass is 341 g/mol. The average molecular weight is 341 g/mol. The number of amides is 4. The highest BCUT2D eigenvalue weighted by atomic mass is 16.2. The minimum atomic E-state index is -0.444. The van der Waals surface area contributed by atoms with E-state index in [0.717, 1.165) is 4.90 Å². The van der Waals surface area contributed by atoms with E-state index in [0.29, 0.717) is 24.1 Å². The standard InChI is InChI=1S/C18H19N3O4/c1-19-16(23)11-6-8-12(9-7-11)20-15(22)10-21-17(24)13-4-2-3-5-14(13)18(21)25/h2-3,6-9,13-14H,4-5,10H2,1H3,(H,19,23)(H,20,22)/t13-,14-/m1/s1. The molecule has 1 fully saturated rings. The Kier molecular flexibility index (Phi) is 4.65. The number of imide groups is 1. The fourth-order valence-electron chi connectivity index (χ4n) is 3.22. The van der Waals surface area contributed by atoms with E-state index in [9.17, 15) is 19.2 Å². The highest BCUT2D eigenvalue weighted by Crippen LogP contribution is 2.34. The summed E-state index contributed by atoms with van der Waals surface area (Å²) in [6, 6.07) is 6.36. The Morgan fingerprint density at radius 2 is 1.60 bits per heavy atom. The molecule has 7 heteroatoms. The van der Waals surface area contributed by atoms with Crippen molar-refractivity contribution in [2.75, 3.05) is 18.9 Å². The normalized spacial score (nSPS) is 21.9. The quantitative estimate of drug-likeness (QED) is 0.629. The van der Waals surface area contributed by atoms with Crippen LogP contribution in [-0.2, 0) is 14.4 Å². The van der Waals surface area contributed by atoms with Crippen molar-refractivity contribution in [3.8, 4) is 0 Å². The van der Waals surface area contributed by atoms with Crippen LogP contribution in [0.15, 0.2) is 36.4 Å². The predicted octanol–water partition coefficient (Wildman–Crippen LogP) is 0.936. The fourth-order valence-corrected chi connectivity index (χ4v) is 3.22. The largest absolute Gasteiger partial charge is 0.355 e. The van der Waals surface area contributed by atoms with Gasteiger partial charge in [-0.05, 0) is 37.1 Å². The molecule has 0 unspecified atom stereocenters. The summed E-state index contributed by atoms with van der Waals surface area (Å²) in [6.07, 6.45) is 4.91. The van der Waals surface area contributed by atoms with Crippen molar-refractivity contribution < 1.29 is 19.2 Å². The number of carbonyl (C=O) groups excluding carboxylic acids is 4. The second kappa shape index (κ2) is 6.88. The molecule has 0 aromatic heterocycles. The van der Waals surface area contributed by atoms with Crippen LogP contribution in [0.5, 0.6) is 0 Å². The topological polar surface area (TPSA) is 95.6 Å². The maximum Gasteiger partial charge on any atom is 0.251 e. The van der Waals surface area contributed by atoms with Crippen molar-refractivity contribution in [2.45, 2.75) is 12.8 Å². The Labute approximate surface area is 145 Å². The van der Waals surface area contributed by atoms with Gasteiger partial charge in [0.15, 0.2) is 0 Å². The molecule has 25 heavy (non-hydrogen) atoms. The average Bonchev–Trinajstić information content (AvgIpc) is 2.87. The maximum absolute atomic E-state index is 12.3. The van der Waals surface area contributed by atoms with Gasteiger partial charge in [0.2, 0.25) is 17.7 Å². The van der Waals surface area contributed by atoms with Crippen LogP contribution in [-0.4, -0.2) is 42.1 Å². The van der Waals surface area contributed by atoms with E-state index < -0.39 is 5.91 Å². The van der Waals surface area contributed by atoms with E-state index in [1.165, 1.54) is 7.05 Å². The summed E-state index contributed by atoms with van der Waals surface area (Å²) in [5, 5.41) is 5.15. The number of nitrogens with one attached hydrogen (secondary N) is 2. The lowest BCUT2D eigenvalue weighted by Gasteiger charge is -2.14. The summed E-state index contributed by atoms with van der Waals surface area (Å²) in [5.41, 5.74) is 0.970. The smallest absolute Gasteiger partial charge is 0.251 e. The van der Waals surface area contributed by atoms with Crippen molar-refractivity contribution >= 4 is 29.3 Å². The van der Waals surface area contributed by atoms with E-state index >= 15 is 0 Å². The van der Waals surface area contributed by atoms with Crippen molar-refractivity contribution in [2.24, 2.45) is 11.8 Å². The lowest BCUT2D eigenvalue weighted by molar-refractivity contribution is -0.142. The molecule has 1 heterocycles. The zero-order chi connectivity index (χ0) is 18.0. The molecule has 2 aliphatic rings. The van der Waals surface area contributed by atoms with Gasteiger partial charge in [-0.3, -0.25) is 24.1 Å². The van der Waals surface area contributed by atoms with Gasteiger partial charge in [-0.2, -0.15) is 0 Å².